The first-order valence-corrected chi connectivity index (χ1v) is 18.4. The number of aliphatic hydroxyl groups excluding tert-OH is 5. The number of hydrogen-bond donors (Lipinski definition) is 6. The number of carbonyl (C=O) groups is 1. The van der Waals surface area contributed by atoms with Crippen molar-refractivity contribution in [3.63, 3.8) is 0 Å². The number of esters is 1. The Morgan fingerprint density at radius 1 is 0.833 bits per heavy atom. The van der Waals surface area contributed by atoms with Crippen molar-refractivity contribution in [2.24, 2.45) is 44.8 Å². The number of aliphatic hydroxyl groups is 6. The van der Waals surface area contributed by atoms with Crippen LogP contribution >= 0.6 is 0 Å². The van der Waals surface area contributed by atoms with Crippen molar-refractivity contribution in [1.82, 2.24) is 0 Å². The van der Waals surface area contributed by atoms with Crippen LogP contribution in [0.1, 0.15) is 107 Å². The molecule has 2 spiro atoms. The summed E-state index contributed by atoms with van der Waals surface area (Å²) in [6.07, 6.45) is -2.08. The van der Waals surface area contributed by atoms with Crippen LogP contribution in [-0.2, 0) is 23.7 Å². The second-order valence-electron chi connectivity index (χ2n) is 18.8. The van der Waals surface area contributed by atoms with E-state index in [1.807, 2.05) is 6.92 Å². The zero-order chi connectivity index (χ0) is 35.2. The van der Waals surface area contributed by atoms with Gasteiger partial charge in [-0.15, -0.1) is 0 Å². The molecule has 48 heavy (non-hydrogen) atoms. The van der Waals surface area contributed by atoms with Crippen molar-refractivity contribution in [1.29, 1.82) is 0 Å². The van der Waals surface area contributed by atoms with E-state index in [-0.39, 0.29) is 40.8 Å². The maximum atomic E-state index is 12.7. The Morgan fingerprint density at radius 3 is 2.12 bits per heavy atom. The lowest BCUT2D eigenvalue weighted by molar-refractivity contribution is -0.304. The molecule has 7 fully saturated rings. The molecule has 17 atom stereocenters. The summed E-state index contributed by atoms with van der Waals surface area (Å²) in [5.41, 5.74) is -4.06. The van der Waals surface area contributed by atoms with Gasteiger partial charge in [0.2, 0.25) is 0 Å². The molecule has 2 heterocycles. The molecule has 5 saturated carbocycles. The summed E-state index contributed by atoms with van der Waals surface area (Å²) in [5.74, 6) is -0.633. The van der Waals surface area contributed by atoms with E-state index in [2.05, 4.69) is 27.7 Å². The van der Waals surface area contributed by atoms with Gasteiger partial charge in [0.1, 0.15) is 24.4 Å². The van der Waals surface area contributed by atoms with Gasteiger partial charge < -0.3 is 49.6 Å². The van der Waals surface area contributed by atoms with E-state index < -0.39 is 82.9 Å². The highest BCUT2D eigenvalue weighted by Crippen LogP contribution is 2.89. The first-order chi connectivity index (χ1) is 22.1. The van der Waals surface area contributed by atoms with Crippen LogP contribution in [0, 0.1) is 44.8 Å². The smallest absolute Gasteiger partial charge is 0.303 e. The van der Waals surface area contributed by atoms with Crippen molar-refractivity contribution >= 4 is 5.97 Å². The molecule has 7 aliphatic rings. The average Bonchev–Trinajstić information content (AvgIpc) is 3.38. The van der Waals surface area contributed by atoms with Crippen molar-refractivity contribution in [3.05, 3.63) is 0 Å². The molecular weight excluding hydrogens is 620 g/mol. The summed E-state index contributed by atoms with van der Waals surface area (Å²) in [7, 11) is 0. The molecule has 274 valence electrons. The van der Waals surface area contributed by atoms with Gasteiger partial charge in [-0.25, -0.2) is 0 Å². The fraction of sp³-hybridized carbons (Fsp3) is 0.973. The molecule has 0 aromatic heterocycles. The highest BCUT2D eigenvalue weighted by atomic mass is 16.7. The van der Waals surface area contributed by atoms with Crippen LogP contribution in [0.5, 0.6) is 0 Å². The molecule has 7 rings (SSSR count). The fourth-order valence-corrected chi connectivity index (χ4v) is 13.7. The summed E-state index contributed by atoms with van der Waals surface area (Å²) in [5, 5.41) is 66.6. The minimum Gasteiger partial charge on any atom is -0.459 e. The number of hydrogen-bond acceptors (Lipinski definition) is 11. The lowest BCUT2D eigenvalue weighted by Crippen LogP contribution is -2.66. The highest BCUT2D eigenvalue weighted by molar-refractivity contribution is 5.66. The largest absolute Gasteiger partial charge is 0.459 e. The number of carbonyl (C=O) groups excluding carboxylic acids is 1. The van der Waals surface area contributed by atoms with Gasteiger partial charge in [0.25, 0.3) is 0 Å². The van der Waals surface area contributed by atoms with E-state index in [0.717, 1.165) is 32.1 Å². The van der Waals surface area contributed by atoms with Gasteiger partial charge >= 0.3 is 5.97 Å². The molecule has 2 saturated heterocycles. The zero-order valence-electron chi connectivity index (χ0n) is 30.0. The van der Waals surface area contributed by atoms with Gasteiger partial charge in [0.15, 0.2) is 6.29 Å². The third-order valence-electron chi connectivity index (χ3n) is 16.0. The molecule has 0 aromatic carbocycles. The van der Waals surface area contributed by atoms with Crippen LogP contribution in [0.2, 0.25) is 0 Å². The molecule has 0 aromatic rings. The summed E-state index contributed by atoms with van der Waals surface area (Å²) < 4.78 is 24.9. The molecular formula is C37H60O11. The van der Waals surface area contributed by atoms with Crippen LogP contribution in [0.4, 0.5) is 0 Å². The van der Waals surface area contributed by atoms with Crippen LogP contribution in [0.25, 0.3) is 0 Å². The topological polar surface area (TPSA) is 175 Å². The first-order valence-electron chi connectivity index (χ1n) is 18.4. The third-order valence-corrected chi connectivity index (χ3v) is 16.0. The predicted octanol–water partition coefficient (Wildman–Crippen LogP) is 2.44. The molecule has 11 heteroatoms. The Labute approximate surface area is 284 Å². The quantitative estimate of drug-likeness (QED) is 0.186. The average molecular weight is 681 g/mol. The highest BCUT2D eigenvalue weighted by Gasteiger charge is 2.87. The second kappa shape index (κ2) is 10.8. The van der Waals surface area contributed by atoms with Gasteiger partial charge in [0, 0.05) is 23.7 Å². The minimum absolute atomic E-state index is 0.0596. The normalized spacial score (nSPS) is 57.2. The first kappa shape index (κ1) is 35.5. The van der Waals surface area contributed by atoms with Gasteiger partial charge in [-0.1, -0.05) is 27.7 Å². The van der Waals surface area contributed by atoms with Crippen molar-refractivity contribution in [3.8, 4) is 0 Å². The van der Waals surface area contributed by atoms with Gasteiger partial charge in [-0.3, -0.25) is 4.79 Å². The van der Waals surface area contributed by atoms with E-state index in [1.165, 1.54) is 6.92 Å². The predicted molar refractivity (Wildman–Crippen MR) is 172 cm³/mol. The van der Waals surface area contributed by atoms with Crippen LogP contribution in [-0.4, -0.2) is 110 Å². The molecule has 5 aliphatic carbocycles. The standard InChI is InChI=1S/C37H60O11/c1-18(38)46-29-27(43)28(33(6)13-11-24(48-33)32(4,5)44)35(8)22(40)15-37-17-36(37)14-12-23(47-30-26(42)25(41)19(39)16-45-30)31(2,3)20(36)9-10-21(37)34(29,35)7/h19-30,39-44H,9-17H2,1-8H3/t19-,20+,21-,22-,23+,24+,25+,26-,27-,28-,29+,30+,33+,34-,35-,36-,37+/m1/s1. The van der Waals surface area contributed by atoms with Crippen LogP contribution < -0.4 is 0 Å². The summed E-state index contributed by atoms with van der Waals surface area (Å²) in [4.78, 5) is 12.7. The van der Waals surface area contributed by atoms with Crippen LogP contribution in [0.3, 0.4) is 0 Å². The van der Waals surface area contributed by atoms with Crippen molar-refractivity contribution < 1.29 is 54.4 Å². The Balaban J connectivity index is 1.22. The molecule has 11 nitrogen and oxygen atoms in total. The van der Waals surface area contributed by atoms with E-state index >= 15 is 0 Å². The number of fused-ring (bicyclic) bond motifs is 2. The molecule has 0 amide bonds. The Kier molecular flexibility index (Phi) is 8.01. The van der Waals surface area contributed by atoms with Gasteiger partial charge in [-0.2, -0.15) is 0 Å². The van der Waals surface area contributed by atoms with Crippen molar-refractivity contribution in [2.75, 3.05) is 6.61 Å². The van der Waals surface area contributed by atoms with Crippen LogP contribution in [0.15, 0.2) is 0 Å². The maximum absolute atomic E-state index is 12.7. The van der Waals surface area contributed by atoms with E-state index in [1.54, 1.807) is 13.8 Å². The molecule has 0 unspecified atom stereocenters. The minimum atomic E-state index is -1.35. The molecule has 2 aliphatic heterocycles. The fourth-order valence-electron chi connectivity index (χ4n) is 13.7. The summed E-state index contributed by atoms with van der Waals surface area (Å²) in [6, 6.07) is 0. The number of ether oxygens (including phenoxy) is 4. The van der Waals surface area contributed by atoms with E-state index in [4.69, 9.17) is 18.9 Å². The Morgan fingerprint density at radius 2 is 1.50 bits per heavy atom. The van der Waals surface area contributed by atoms with E-state index in [0.29, 0.717) is 19.3 Å². The third kappa shape index (κ3) is 4.41. The lowest BCUT2D eigenvalue weighted by atomic mass is 9.40. The van der Waals surface area contributed by atoms with Gasteiger partial charge in [-0.05, 0) is 100 Å². The van der Waals surface area contributed by atoms with Gasteiger partial charge in [0.05, 0.1) is 42.2 Å². The molecule has 6 N–H and O–H groups in total. The van der Waals surface area contributed by atoms with E-state index in [9.17, 15) is 35.4 Å². The van der Waals surface area contributed by atoms with Crippen molar-refractivity contribution in [2.45, 2.75) is 173 Å². The zero-order valence-corrected chi connectivity index (χ0v) is 30.0. The Bertz CT molecular complexity index is 1300. The second-order valence-corrected chi connectivity index (χ2v) is 18.8. The summed E-state index contributed by atoms with van der Waals surface area (Å²) in [6.45, 7) is 15.4. The number of rotatable bonds is 5. The molecule has 0 bridgehead atoms. The Hall–Kier alpha value is -0.890. The maximum Gasteiger partial charge on any atom is 0.303 e. The summed E-state index contributed by atoms with van der Waals surface area (Å²) >= 11 is 0. The molecule has 0 radical (unpaired) electrons. The lowest BCUT2D eigenvalue weighted by Gasteiger charge is -2.65. The monoisotopic (exact) mass is 680 g/mol. The SMILES string of the molecule is CC(=O)O[C@H]1[C@H](O)[C@H]([C@]2(C)CC[C@@H](C(C)(C)O)O2)[C@@]2(C)[C@H](O)C[C@@]34C[C@@]35CC[C@H](O[C@@H]3OC[C@@H](O)[C@H](O)[C@H]3O)C(C)(C)[C@@H]5CC[C@@H]4[C@]12C.